The maximum absolute atomic E-state index is 13.8. The molecule has 0 bridgehead atoms. The van der Waals surface area contributed by atoms with E-state index in [-0.39, 0.29) is 11.5 Å². The predicted molar refractivity (Wildman–Crippen MR) is 126 cm³/mol. The fraction of sp³-hybridized carbons (Fsp3) is 0.115. The predicted octanol–water partition coefficient (Wildman–Crippen LogP) is 5.05. The second kappa shape index (κ2) is 9.24. The first-order valence-electron chi connectivity index (χ1n) is 10.3. The Hall–Kier alpha value is -3.64. The Morgan fingerprint density at radius 2 is 1.53 bits per heavy atom. The van der Waals surface area contributed by atoms with Crippen LogP contribution in [0.15, 0.2) is 95.9 Å². The number of para-hydroxylation sites is 1. The average molecular weight is 446 g/mol. The lowest BCUT2D eigenvalue weighted by atomic mass is 10.0. The minimum Gasteiger partial charge on any atom is -0.463 e. The second-order valence-electron chi connectivity index (χ2n) is 7.21. The van der Waals surface area contributed by atoms with Gasteiger partial charge in [-0.1, -0.05) is 66.7 Å². The van der Waals surface area contributed by atoms with E-state index in [1.807, 2.05) is 48.5 Å². The highest BCUT2D eigenvalue weighted by Gasteiger charge is 2.26. The molecule has 0 aliphatic rings. The zero-order valence-corrected chi connectivity index (χ0v) is 18.5. The molecule has 0 fully saturated rings. The van der Waals surface area contributed by atoms with Gasteiger partial charge in [-0.15, -0.1) is 0 Å². The summed E-state index contributed by atoms with van der Waals surface area (Å²) in [4.78, 5) is 12.2. The Balaban J connectivity index is 2.00. The topological polar surface area (TPSA) is 65.4 Å². The molecule has 0 unspecified atom stereocenters. The molecule has 0 saturated carbocycles. The van der Waals surface area contributed by atoms with Gasteiger partial charge in [-0.05, 0) is 36.8 Å². The van der Waals surface area contributed by atoms with Gasteiger partial charge < -0.3 is 4.74 Å². The number of carbonyl (C=O) groups is 1. The molecule has 3 aromatic carbocycles. The van der Waals surface area contributed by atoms with Crippen molar-refractivity contribution in [2.75, 3.05) is 6.61 Å². The van der Waals surface area contributed by atoms with Crippen LogP contribution in [-0.4, -0.2) is 25.0 Å². The maximum Gasteiger partial charge on any atom is 0.330 e. The lowest BCUT2D eigenvalue weighted by Crippen LogP contribution is -2.16. The molecule has 0 saturated heterocycles. The van der Waals surface area contributed by atoms with Gasteiger partial charge in [0.05, 0.1) is 17.0 Å². The summed E-state index contributed by atoms with van der Waals surface area (Å²) >= 11 is 0. The average Bonchev–Trinajstić information content (AvgIpc) is 3.12. The molecule has 6 heteroatoms. The highest BCUT2D eigenvalue weighted by molar-refractivity contribution is 7.90. The minimum absolute atomic E-state index is 0.205. The van der Waals surface area contributed by atoms with Crippen molar-refractivity contribution in [3.05, 3.63) is 108 Å². The summed E-state index contributed by atoms with van der Waals surface area (Å²) in [5.74, 6) is -0.471. The van der Waals surface area contributed by atoms with Crippen molar-refractivity contribution in [2.45, 2.75) is 18.2 Å². The molecule has 5 nitrogen and oxygen atoms in total. The Labute approximate surface area is 187 Å². The first-order chi connectivity index (χ1) is 15.5. The largest absolute Gasteiger partial charge is 0.463 e. The van der Waals surface area contributed by atoms with Gasteiger partial charge in [0.1, 0.15) is 0 Å². The third-order valence-electron chi connectivity index (χ3n) is 5.14. The first kappa shape index (κ1) is 21.6. The van der Waals surface area contributed by atoms with E-state index < -0.39 is 16.0 Å². The molecule has 4 aromatic rings. The standard InChI is InChI=1S/C26H23NO4S/c1-2-31-26(28)18-17-23-22-15-9-10-16-24(22)27(25(23)19-20-11-5-3-6-12-20)32(29,30)21-13-7-4-8-14-21/h3-18H,2,19H2,1H3/b18-17+. The number of aromatic nitrogens is 1. The third-order valence-corrected chi connectivity index (χ3v) is 6.90. The Bertz CT molecular complexity index is 1370. The maximum atomic E-state index is 13.8. The molecule has 0 atom stereocenters. The van der Waals surface area contributed by atoms with E-state index in [1.165, 1.54) is 10.0 Å². The van der Waals surface area contributed by atoms with Crippen LogP contribution in [-0.2, 0) is 26.0 Å². The molecule has 32 heavy (non-hydrogen) atoms. The van der Waals surface area contributed by atoms with Gasteiger partial charge in [-0.3, -0.25) is 0 Å². The summed E-state index contributed by atoms with van der Waals surface area (Å²) in [5.41, 5.74) is 2.79. The monoisotopic (exact) mass is 445 g/mol. The number of hydrogen-bond acceptors (Lipinski definition) is 4. The Kier molecular flexibility index (Phi) is 6.23. The van der Waals surface area contributed by atoms with Gasteiger partial charge in [-0.25, -0.2) is 17.2 Å². The third kappa shape index (κ3) is 4.22. The molecular weight excluding hydrogens is 422 g/mol. The van der Waals surface area contributed by atoms with Crippen LogP contribution >= 0.6 is 0 Å². The summed E-state index contributed by atoms with van der Waals surface area (Å²) in [6.07, 6.45) is 3.37. The van der Waals surface area contributed by atoms with Crippen LogP contribution in [0.3, 0.4) is 0 Å². The van der Waals surface area contributed by atoms with Crippen LogP contribution in [0.1, 0.15) is 23.7 Å². The summed E-state index contributed by atoms with van der Waals surface area (Å²) in [7, 11) is -3.88. The van der Waals surface area contributed by atoms with Gasteiger partial charge >= 0.3 is 5.97 Å². The number of nitrogens with zero attached hydrogens (tertiary/aromatic N) is 1. The number of benzene rings is 3. The quantitative estimate of drug-likeness (QED) is 0.295. The lowest BCUT2D eigenvalue weighted by Gasteiger charge is -2.13. The molecular formula is C26H23NO4S. The summed E-state index contributed by atoms with van der Waals surface area (Å²) in [5, 5.41) is 0.749. The van der Waals surface area contributed by atoms with Crippen LogP contribution in [0.4, 0.5) is 0 Å². The zero-order valence-electron chi connectivity index (χ0n) is 17.6. The fourth-order valence-corrected chi connectivity index (χ4v) is 5.33. The fourth-order valence-electron chi connectivity index (χ4n) is 3.75. The van der Waals surface area contributed by atoms with Gasteiger partial charge in [0.15, 0.2) is 0 Å². The summed E-state index contributed by atoms with van der Waals surface area (Å²) in [6, 6.07) is 25.4. The molecule has 162 valence electrons. The van der Waals surface area contributed by atoms with E-state index in [2.05, 4.69) is 0 Å². The first-order valence-corrected chi connectivity index (χ1v) is 11.8. The SMILES string of the molecule is CCOC(=O)/C=C/c1c(Cc2ccccc2)n(S(=O)(=O)c2ccccc2)c2ccccc12. The van der Waals surface area contributed by atoms with Crippen molar-refractivity contribution in [1.82, 2.24) is 3.97 Å². The molecule has 0 aliphatic carbocycles. The lowest BCUT2D eigenvalue weighted by molar-refractivity contribution is -0.137. The minimum atomic E-state index is -3.88. The Morgan fingerprint density at radius 3 is 2.22 bits per heavy atom. The number of fused-ring (bicyclic) bond motifs is 1. The highest BCUT2D eigenvalue weighted by atomic mass is 32.2. The van der Waals surface area contributed by atoms with E-state index in [9.17, 15) is 13.2 Å². The Morgan fingerprint density at radius 1 is 0.906 bits per heavy atom. The number of hydrogen-bond donors (Lipinski definition) is 0. The van der Waals surface area contributed by atoms with Crippen LogP contribution in [0.2, 0.25) is 0 Å². The number of rotatable bonds is 7. The normalized spacial score (nSPS) is 11.8. The van der Waals surface area contributed by atoms with Crippen LogP contribution in [0.25, 0.3) is 17.0 Å². The molecule has 0 aliphatic heterocycles. The molecule has 0 spiro atoms. The van der Waals surface area contributed by atoms with Gasteiger partial charge in [0.25, 0.3) is 10.0 Å². The molecule has 4 rings (SSSR count). The van der Waals surface area contributed by atoms with Gasteiger partial charge in [0.2, 0.25) is 0 Å². The van der Waals surface area contributed by atoms with Crippen molar-refractivity contribution in [3.8, 4) is 0 Å². The summed E-state index contributed by atoms with van der Waals surface area (Å²) in [6.45, 7) is 2.01. The van der Waals surface area contributed by atoms with Gasteiger partial charge in [-0.2, -0.15) is 0 Å². The zero-order chi connectivity index (χ0) is 22.6. The van der Waals surface area contributed by atoms with Crippen LogP contribution in [0.5, 0.6) is 0 Å². The summed E-state index contributed by atoms with van der Waals surface area (Å²) < 4.78 is 33.9. The number of carbonyl (C=O) groups excluding carboxylic acids is 1. The van der Waals surface area contributed by atoms with Crippen molar-refractivity contribution >= 4 is 33.0 Å². The number of esters is 1. The van der Waals surface area contributed by atoms with Crippen LogP contribution < -0.4 is 0 Å². The van der Waals surface area contributed by atoms with Crippen molar-refractivity contribution in [1.29, 1.82) is 0 Å². The van der Waals surface area contributed by atoms with E-state index >= 15 is 0 Å². The van der Waals surface area contributed by atoms with Gasteiger partial charge in [0, 0.05) is 29.1 Å². The van der Waals surface area contributed by atoms with Crippen molar-refractivity contribution in [2.24, 2.45) is 0 Å². The molecule has 0 N–H and O–H groups in total. The molecule has 0 radical (unpaired) electrons. The highest BCUT2D eigenvalue weighted by Crippen LogP contribution is 2.33. The van der Waals surface area contributed by atoms with Crippen molar-refractivity contribution in [3.63, 3.8) is 0 Å². The van der Waals surface area contributed by atoms with Crippen LogP contribution in [0, 0.1) is 0 Å². The van der Waals surface area contributed by atoms with E-state index in [4.69, 9.17) is 4.74 Å². The molecule has 0 amide bonds. The smallest absolute Gasteiger partial charge is 0.330 e. The molecule has 1 heterocycles. The van der Waals surface area contributed by atoms with E-state index in [1.54, 1.807) is 49.4 Å². The van der Waals surface area contributed by atoms with E-state index in [0.29, 0.717) is 23.2 Å². The van der Waals surface area contributed by atoms with E-state index in [0.717, 1.165) is 10.9 Å². The van der Waals surface area contributed by atoms with Crippen molar-refractivity contribution < 1.29 is 17.9 Å². The molecule has 1 aromatic heterocycles. The second-order valence-corrected chi connectivity index (χ2v) is 8.99. The number of ether oxygens (including phenoxy) is 1.